The fraction of sp³-hybridized carbons (Fsp3) is 0.435. The average molecular weight is 409 g/mol. The number of rotatable bonds is 4. The van der Waals surface area contributed by atoms with Crippen LogP contribution in [0.25, 0.3) is 0 Å². The first-order valence-corrected chi connectivity index (χ1v) is 10.5. The number of aromatic nitrogens is 1. The van der Waals surface area contributed by atoms with Crippen LogP contribution in [-0.2, 0) is 11.3 Å². The van der Waals surface area contributed by atoms with E-state index in [0.717, 1.165) is 28.9 Å². The van der Waals surface area contributed by atoms with Crippen LogP contribution in [0.4, 0.5) is 10.5 Å². The molecule has 0 aliphatic carbocycles. The van der Waals surface area contributed by atoms with E-state index >= 15 is 0 Å². The van der Waals surface area contributed by atoms with Crippen molar-refractivity contribution in [2.75, 3.05) is 25.0 Å². The van der Waals surface area contributed by atoms with Gasteiger partial charge in [-0.3, -0.25) is 9.59 Å². The molecule has 2 bridgehead atoms. The molecule has 2 N–H and O–H groups in total. The van der Waals surface area contributed by atoms with Crippen LogP contribution in [0.3, 0.4) is 0 Å². The lowest BCUT2D eigenvalue weighted by molar-refractivity contribution is -0.116. The first-order chi connectivity index (χ1) is 14.4. The zero-order chi connectivity index (χ0) is 21.3. The lowest BCUT2D eigenvalue weighted by Crippen LogP contribution is -2.52. The van der Waals surface area contributed by atoms with Gasteiger partial charge in [-0.05, 0) is 43.9 Å². The van der Waals surface area contributed by atoms with Gasteiger partial charge in [-0.15, -0.1) is 0 Å². The molecule has 0 radical (unpaired) electrons. The zero-order valence-corrected chi connectivity index (χ0v) is 17.5. The lowest BCUT2D eigenvalue weighted by Gasteiger charge is -2.42. The quantitative estimate of drug-likeness (QED) is 0.816. The van der Waals surface area contributed by atoms with E-state index in [2.05, 4.69) is 10.6 Å². The number of benzene rings is 1. The predicted octanol–water partition coefficient (Wildman–Crippen LogP) is 2.62. The molecule has 4 rings (SSSR count). The highest BCUT2D eigenvalue weighted by atomic mass is 16.2. The summed E-state index contributed by atoms with van der Waals surface area (Å²) < 4.78 is 1.85. The number of piperidine rings is 1. The number of fused-ring (bicyclic) bond motifs is 4. The number of carbonyl (C=O) groups is 2. The smallest absolute Gasteiger partial charge is 0.317 e. The average Bonchev–Trinajstić information content (AvgIpc) is 2.71. The van der Waals surface area contributed by atoms with E-state index in [0.29, 0.717) is 19.6 Å². The summed E-state index contributed by atoms with van der Waals surface area (Å²) in [6, 6.07) is 11.1. The Morgan fingerprint density at radius 3 is 2.73 bits per heavy atom. The van der Waals surface area contributed by atoms with Crippen LogP contribution in [0.2, 0.25) is 0 Å². The van der Waals surface area contributed by atoms with Crippen molar-refractivity contribution < 1.29 is 9.59 Å². The van der Waals surface area contributed by atoms with Gasteiger partial charge in [-0.2, -0.15) is 0 Å². The molecule has 0 saturated carbocycles. The second-order valence-corrected chi connectivity index (χ2v) is 8.45. The second kappa shape index (κ2) is 8.34. The maximum atomic E-state index is 12.7. The Morgan fingerprint density at radius 2 is 1.93 bits per heavy atom. The first-order valence-electron chi connectivity index (χ1n) is 10.5. The van der Waals surface area contributed by atoms with Crippen LogP contribution in [0, 0.1) is 19.8 Å². The zero-order valence-electron chi connectivity index (χ0n) is 17.5. The topological polar surface area (TPSA) is 83.4 Å². The SMILES string of the molecule is Cc1ccc(NC(=O)CCNC(=O)N2CC3C[C@H](C2)Cn2c3cccc2=O)c(C)c1. The minimum atomic E-state index is -0.143. The van der Waals surface area contributed by atoms with E-state index in [1.165, 1.54) is 0 Å². The molecule has 1 saturated heterocycles. The molecule has 158 valence electrons. The third kappa shape index (κ3) is 4.25. The van der Waals surface area contributed by atoms with Gasteiger partial charge in [-0.25, -0.2) is 4.79 Å². The standard InChI is InChI=1S/C23H28N4O3/c1-15-6-7-19(16(2)10-15)25-21(28)8-9-24-23(30)26-12-17-11-18(14-26)20-4-3-5-22(29)27(20)13-17/h3-7,10,17-18H,8-9,11-14H2,1-2H3,(H,24,30)(H,25,28)/t17-,18?/m1/s1. The number of hydrogen-bond acceptors (Lipinski definition) is 3. The molecular weight excluding hydrogens is 380 g/mol. The van der Waals surface area contributed by atoms with Gasteiger partial charge in [-0.1, -0.05) is 23.8 Å². The Morgan fingerprint density at radius 1 is 1.10 bits per heavy atom. The maximum absolute atomic E-state index is 12.7. The number of nitrogens with one attached hydrogen (secondary N) is 2. The lowest BCUT2D eigenvalue weighted by atomic mass is 9.83. The molecule has 3 amide bonds. The van der Waals surface area contributed by atoms with Gasteiger partial charge in [0.15, 0.2) is 0 Å². The Bertz CT molecular complexity index is 1030. The Balaban J connectivity index is 1.29. The number of likely N-dealkylation sites (tertiary alicyclic amines) is 1. The van der Waals surface area contributed by atoms with Gasteiger partial charge < -0.3 is 20.1 Å². The number of urea groups is 1. The van der Waals surface area contributed by atoms with Crippen molar-refractivity contribution in [3.63, 3.8) is 0 Å². The molecule has 3 heterocycles. The van der Waals surface area contributed by atoms with E-state index in [4.69, 9.17) is 0 Å². The van der Waals surface area contributed by atoms with Crippen molar-refractivity contribution in [1.29, 1.82) is 0 Å². The number of anilines is 1. The van der Waals surface area contributed by atoms with Crippen molar-refractivity contribution in [1.82, 2.24) is 14.8 Å². The molecule has 1 fully saturated rings. The Hall–Kier alpha value is -3.09. The summed E-state index contributed by atoms with van der Waals surface area (Å²) in [7, 11) is 0. The minimum absolute atomic E-state index is 0.0370. The predicted molar refractivity (Wildman–Crippen MR) is 116 cm³/mol. The van der Waals surface area contributed by atoms with Crippen molar-refractivity contribution in [2.24, 2.45) is 5.92 Å². The van der Waals surface area contributed by atoms with E-state index in [1.807, 2.05) is 47.6 Å². The van der Waals surface area contributed by atoms with Gasteiger partial charge in [0, 0.05) is 56.0 Å². The van der Waals surface area contributed by atoms with Crippen LogP contribution in [0.5, 0.6) is 0 Å². The Labute approximate surface area is 176 Å². The van der Waals surface area contributed by atoms with Gasteiger partial charge in [0.25, 0.3) is 5.56 Å². The number of pyridine rings is 1. The molecule has 1 aromatic carbocycles. The fourth-order valence-electron chi connectivity index (χ4n) is 4.62. The summed E-state index contributed by atoms with van der Waals surface area (Å²) in [5.74, 6) is 0.353. The molecule has 2 aromatic rings. The molecule has 7 heteroatoms. The molecule has 0 spiro atoms. The highest BCUT2D eigenvalue weighted by Crippen LogP contribution is 2.34. The van der Waals surface area contributed by atoms with Gasteiger partial charge >= 0.3 is 6.03 Å². The first kappa shape index (κ1) is 20.2. The Kier molecular flexibility index (Phi) is 5.61. The number of amides is 3. The monoisotopic (exact) mass is 408 g/mol. The molecule has 1 unspecified atom stereocenters. The molecule has 2 aliphatic rings. The molecular formula is C23H28N4O3. The molecule has 30 heavy (non-hydrogen) atoms. The molecule has 7 nitrogen and oxygen atoms in total. The molecule has 1 aromatic heterocycles. The molecule has 2 aliphatic heterocycles. The maximum Gasteiger partial charge on any atom is 0.317 e. The summed E-state index contributed by atoms with van der Waals surface area (Å²) in [6.45, 7) is 6.16. The van der Waals surface area contributed by atoms with E-state index < -0.39 is 0 Å². The summed E-state index contributed by atoms with van der Waals surface area (Å²) in [5.41, 5.74) is 4.02. The second-order valence-electron chi connectivity index (χ2n) is 8.45. The van der Waals surface area contributed by atoms with E-state index in [9.17, 15) is 14.4 Å². The van der Waals surface area contributed by atoms with Crippen LogP contribution in [0.15, 0.2) is 41.2 Å². The summed E-state index contributed by atoms with van der Waals surface area (Å²) in [6.07, 6.45) is 1.23. The normalized spacial score (nSPS) is 19.7. The summed E-state index contributed by atoms with van der Waals surface area (Å²) >= 11 is 0. The van der Waals surface area contributed by atoms with Crippen molar-refractivity contribution >= 4 is 17.6 Å². The van der Waals surface area contributed by atoms with E-state index in [1.54, 1.807) is 12.1 Å². The van der Waals surface area contributed by atoms with Crippen molar-refractivity contribution in [2.45, 2.75) is 39.2 Å². The van der Waals surface area contributed by atoms with Crippen LogP contribution in [-0.4, -0.2) is 41.0 Å². The van der Waals surface area contributed by atoms with Crippen LogP contribution < -0.4 is 16.2 Å². The number of aryl methyl sites for hydroxylation is 2. The summed E-state index contributed by atoms with van der Waals surface area (Å²) in [5, 5.41) is 5.78. The highest BCUT2D eigenvalue weighted by Gasteiger charge is 2.36. The number of hydrogen-bond donors (Lipinski definition) is 2. The fourth-order valence-corrected chi connectivity index (χ4v) is 4.62. The highest BCUT2D eigenvalue weighted by molar-refractivity contribution is 5.91. The van der Waals surface area contributed by atoms with Gasteiger partial charge in [0.05, 0.1) is 0 Å². The van der Waals surface area contributed by atoms with Gasteiger partial charge in [0.2, 0.25) is 5.91 Å². The minimum Gasteiger partial charge on any atom is -0.337 e. The van der Waals surface area contributed by atoms with Crippen LogP contribution in [0.1, 0.15) is 35.6 Å². The van der Waals surface area contributed by atoms with Crippen molar-refractivity contribution in [3.8, 4) is 0 Å². The van der Waals surface area contributed by atoms with E-state index in [-0.39, 0.29) is 42.3 Å². The molecule has 2 atom stereocenters. The van der Waals surface area contributed by atoms with Crippen molar-refractivity contribution in [3.05, 3.63) is 63.6 Å². The third-order valence-corrected chi connectivity index (χ3v) is 6.05. The van der Waals surface area contributed by atoms with Crippen LogP contribution >= 0.6 is 0 Å². The largest absolute Gasteiger partial charge is 0.337 e. The number of carbonyl (C=O) groups excluding carboxylic acids is 2. The summed E-state index contributed by atoms with van der Waals surface area (Å²) in [4.78, 5) is 38.8. The van der Waals surface area contributed by atoms with Gasteiger partial charge in [0.1, 0.15) is 0 Å². The number of nitrogens with zero attached hydrogens (tertiary/aromatic N) is 2. The third-order valence-electron chi connectivity index (χ3n) is 6.05.